The van der Waals surface area contributed by atoms with E-state index in [1.165, 1.54) is 12.7 Å². The summed E-state index contributed by atoms with van der Waals surface area (Å²) in [5.41, 5.74) is 1.31. The molecule has 0 unspecified atom stereocenters. The lowest BCUT2D eigenvalue weighted by Gasteiger charge is -2.32. The molecule has 120 valence electrons. The second-order valence-electron chi connectivity index (χ2n) is 6.09. The van der Waals surface area contributed by atoms with Crippen molar-refractivity contribution in [2.24, 2.45) is 0 Å². The first-order valence-electron chi connectivity index (χ1n) is 8.01. The molecule has 2 heterocycles. The van der Waals surface area contributed by atoms with Crippen LogP contribution in [0.5, 0.6) is 5.75 Å². The molecule has 0 spiro atoms. The zero-order valence-electron chi connectivity index (χ0n) is 13.1. The van der Waals surface area contributed by atoms with E-state index in [-0.39, 0.29) is 12.1 Å². The Morgan fingerprint density at radius 2 is 2.14 bits per heavy atom. The molecule has 1 fully saturated rings. The van der Waals surface area contributed by atoms with Gasteiger partial charge in [0.05, 0.1) is 13.7 Å². The Kier molecular flexibility index (Phi) is 4.95. The first-order valence-corrected chi connectivity index (χ1v) is 8.01. The number of fused-ring (bicyclic) bond motifs is 1. The SMILES string of the molecule is COC(=O)CN1CCC(NC[C@@H]2Cc3ccccc3O2)CC1. The summed E-state index contributed by atoms with van der Waals surface area (Å²) in [5, 5.41) is 3.62. The average molecular weight is 304 g/mol. The molecule has 1 saturated heterocycles. The fourth-order valence-corrected chi connectivity index (χ4v) is 3.21. The molecule has 5 heteroatoms. The number of methoxy groups -OCH3 is 1. The lowest BCUT2D eigenvalue weighted by Crippen LogP contribution is -2.46. The van der Waals surface area contributed by atoms with Gasteiger partial charge in [0.1, 0.15) is 11.9 Å². The molecule has 1 N–H and O–H groups in total. The van der Waals surface area contributed by atoms with Crippen molar-refractivity contribution in [1.82, 2.24) is 10.2 Å². The van der Waals surface area contributed by atoms with Crippen LogP contribution in [0, 0.1) is 0 Å². The number of carbonyl (C=O) groups is 1. The fraction of sp³-hybridized carbons (Fsp3) is 0.588. The van der Waals surface area contributed by atoms with E-state index in [0.717, 1.165) is 44.6 Å². The molecule has 0 bridgehead atoms. The van der Waals surface area contributed by atoms with Gasteiger partial charge in [0.25, 0.3) is 0 Å². The van der Waals surface area contributed by atoms with E-state index < -0.39 is 0 Å². The normalized spacial score (nSPS) is 22.1. The number of nitrogens with one attached hydrogen (secondary N) is 1. The predicted octanol–water partition coefficient (Wildman–Crippen LogP) is 1.22. The topological polar surface area (TPSA) is 50.8 Å². The molecule has 0 radical (unpaired) electrons. The van der Waals surface area contributed by atoms with Crippen LogP contribution in [0.3, 0.4) is 0 Å². The van der Waals surface area contributed by atoms with E-state index in [4.69, 9.17) is 9.47 Å². The van der Waals surface area contributed by atoms with E-state index in [0.29, 0.717) is 12.6 Å². The van der Waals surface area contributed by atoms with Gasteiger partial charge in [-0.3, -0.25) is 9.69 Å². The minimum Gasteiger partial charge on any atom is -0.488 e. The standard InChI is InChI=1S/C17H24N2O3/c1-21-17(20)12-19-8-6-14(7-9-19)18-11-15-10-13-4-2-3-5-16(13)22-15/h2-5,14-15,18H,6-12H2,1H3/t15-/m0/s1. The van der Waals surface area contributed by atoms with E-state index >= 15 is 0 Å². The number of esters is 1. The van der Waals surface area contributed by atoms with Crippen LogP contribution in [0.1, 0.15) is 18.4 Å². The lowest BCUT2D eigenvalue weighted by molar-refractivity contribution is -0.142. The zero-order valence-corrected chi connectivity index (χ0v) is 13.1. The third-order valence-electron chi connectivity index (χ3n) is 4.52. The van der Waals surface area contributed by atoms with Crippen molar-refractivity contribution in [3.8, 4) is 5.75 Å². The summed E-state index contributed by atoms with van der Waals surface area (Å²) in [7, 11) is 1.44. The summed E-state index contributed by atoms with van der Waals surface area (Å²) < 4.78 is 10.7. The summed E-state index contributed by atoms with van der Waals surface area (Å²) in [6.45, 7) is 3.18. The highest BCUT2D eigenvalue weighted by atomic mass is 16.5. The highest BCUT2D eigenvalue weighted by molar-refractivity contribution is 5.71. The number of ether oxygens (including phenoxy) is 2. The van der Waals surface area contributed by atoms with Gasteiger partial charge in [-0.25, -0.2) is 0 Å². The zero-order chi connectivity index (χ0) is 15.4. The van der Waals surface area contributed by atoms with Gasteiger partial charge in [-0.05, 0) is 24.5 Å². The fourth-order valence-electron chi connectivity index (χ4n) is 3.21. The number of nitrogens with zero attached hydrogens (tertiary/aromatic N) is 1. The first kappa shape index (κ1) is 15.3. The second kappa shape index (κ2) is 7.11. The van der Waals surface area contributed by atoms with Crippen molar-refractivity contribution < 1.29 is 14.3 Å². The maximum absolute atomic E-state index is 11.3. The van der Waals surface area contributed by atoms with Gasteiger partial charge in [-0.1, -0.05) is 18.2 Å². The Hall–Kier alpha value is -1.59. The van der Waals surface area contributed by atoms with Gasteiger partial charge in [0.15, 0.2) is 0 Å². The van der Waals surface area contributed by atoms with Gasteiger partial charge in [-0.15, -0.1) is 0 Å². The third kappa shape index (κ3) is 3.78. The van der Waals surface area contributed by atoms with Crippen molar-refractivity contribution in [3.05, 3.63) is 29.8 Å². The van der Waals surface area contributed by atoms with E-state index in [1.54, 1.807) is 0 Å². The van der Waals surface area contributed by atoms with Crippen molar-refractivity contribution >= 4 is 5.97 Å². The minimum atomic E-state index is -0.150. The minimum absolute atomic E-state index is 0.150. The lowest BCUT2D eigenvalue weighted by atomic mass is 10.0. The number of carbonyl (C=O) groups excluding carboxylic acids is 1. The summed E-state index contributed by atoms with van der Waals surface area (Å²) >= 11 is 0. The van der Waals surface area contributed by atoms with Crippen LogP contribution < -0.4 is 10.1 Å². The molecular weight excluding hydrogens is 280 g/mol. The molecule has 1 aromatic rings. The summed E-state index contributed by atoms with van der Waals surface area (Å²) in [6, 6.07) is 8.78. The van der Waals surface area contributed by atoms with Crippen LogP contribution in [-0.2, 0) is 16.0 Å². The number of piperidine rings is 1. The Labute approximate surface area is 131 Å². The third-order valence-corrected chi connectivity index (χ3v) is 4.52. The molecule has 1 aromatic carbocycles. The van der Waals surface area contributed by atoms with Gasteiger partial charge < -0.3 is 14.8 Å². The molecule has 0 aromatic heterocycles. The Morgan fingerprint density at radius 3 is 2.86 bits per heavy atom. The van der Waals surface area contributed by atoms with Crippen LogP contribution in [-0.4, -0.2) is 56.3 Å². The highest BCUT2D eigenvalue weighted by Crippen LogP contribution is 2.27. The first-order chi connectivity index (χ1) is 10.7. The quantitative estimate of drug-likeness (QED) is 0.829. The molecule has 0 saturated carbocycles. The summed E-state index contributed by atoms with van der Waals surface area (Å²) in [5.74, 6) is 0.880. The van der Waals surface area contributed by atoms with Crippen molar-refractivity contribution in [3.63, 3.8) is 0 Å². The second-order valence-corrected chi connectivity index (χ2v) is 6.09. The maximum atomic E-state index is 11.3. The number of rotatable bonds is 5. The summed E-state index contributed by atoms with van der Waals surface area (Å²) in [4.78, 5) is 13.4. The van der Waals surface area contributed by atoms with E-state index in [9.17, 15) is 4.79 Å². The monoisotopic (exact) mass is 304 g/mol. The highest BCUT2D eigenvalue weighted by Gasteiger charge is 2.25. The average Bonchev–Trinajstić information content (AvgIpc) is 2.97. The molecule has 1 atom stereocenters. The van der Waals surface area contributed by atoms with Crippen LogP contribution in [0.25, 0.3) is 0 Å². The van der Waals surface area contributed by atoms with Crippen LogP contribution in [0.4, 0.5) is 0 Å². The molecule has 2 aliphatic heterocycles. The number of benzene rings is 1. The van der Waals surface area contributed by atoms with E-state index in [2.05, 4.69) is 22.3 Å². The van der Waals surface area contributed by atoms with Gasteiger partial charge >= 0.3 is 5.97 Å². The molecule has 0 aliphatic carbocycles. The molecular formula is C17H24N2O3. The molecule has 5 nitrogen and oxygen atoms in total. The van der Waals surface area contributed by atoms with E-state index in [1.807, 2.05) is 12.1 Å². The van der Waals surface area contributed by atoms with Gasteiger partial charge in [0.2, 0.25) is 0 Å². The summed E-state index contributed by atoms with van der Waals surface area (Å²) in [6.07, 6.45) is 3.36. The number of likely N-dealkylation sites (tertiary alicyclic amines) is 1. The predicted molar refractivity (Wildman–Crippen MR) is 84.0 cm³/mol. The number of hydrogen-bond acceptors (Lipinski definition) is 5. The number of hydrogen-bond donors (Lipinski definition) is 1. The Morgan fingerprint density at radius 1 is 1.36 bits per heavy atom. The molecule has 2 aliphatic rings. The number of para-hydroxylation sites is 1. The molecule has 0 amide bonds. The van der Waals surface area contributed by atoms with Crippen molar-refractivity contribution in [2.75, 3.05) is 33.3 Å². The van der Waals surface area contributed by atoms with Gasteiger partial charge in [0, 0.05) is 32.1 Å². The molecule has 22 heavy (non-hydrogen) atoms. The largest absolute Gasteiger partial charge is 0.488 e. The smallest absolute Gasteiger partial charge is 0.319 e. The van der Waals surface area contributed by atoms with Gasteiger partial charge in [-0.2, -0.15) is 0 Å². The Balaban J connectivity index is 1.37. The van der Waals surface area contributed by atoms with Crippen molar-refractivity contribution in [2.45, 2.75) is 31.4 Å². The molecule has 3 rings (SSSR count). The van der Waals surface area contributed by atoms with Crippen LogP contribution in [0.2, 0.25) is 0 Å². The maximum Gasteiger partial charge on any atom is 0.319 e. The van der Waals surface area contributed by atoms with Crippen LogP contribution >= 0.6 is 0 Å². The Bertz CT molecular complexity index is 487. The van der Waals surface area contributed by atoms with Crippen molar-refractivity contribution in [1.29, 1.82) is 0 Å². The van der Waals surface area contributed by atoms with Crippen LogP contribution in [0.15, 0.2) is 24.3 Å².